The Morgan fingerprint density at radius 1 is 1.23 bits per heavy atom. The Labute approximate surface area is 183 Å². The molecule has 0 unspecified atom stereocenters. The van der Waals surface area contributed by atoms with Gasteiger partial charge < -0.3 is 15.0 Å². The minimum atomic E-state index is -1.13. The van der Waals surface area contributed by atoms with Crippen molar-refractivity contribution in [3.63, 3.8) is 0 Å². The Balaban J connectivity index is 1.47. The lowest BCUT2D eigenvalue weighted by Gasteiger charge is -2.42. The number of halogens is 1. The number of carbonyl (C=O) groups is 2. The SMILES string of the molecule is Cc1ccc(COC(=O)C2(C)CCC(C)(NCC(=O)N3C[C@@H](F)C[C@H]3C#N)CC2)cc1. The molecule has 0 aromatic heterocycles. The van der Waals surface area contributed by atoms with Crippen LogP contribution in [0.4, 0.5) is 4.39 Å². The quantitative estimate of drug-likeness (QED) is 0.701. The van der Waals surface area contributed by atoms with Crippen LogP contribution in [0.3, 0.4) is 0 Å². The number of esters is 1. The first-order valence-corrected chi connectivity index (χ1v) is 11.0. The van der Waals surface area contributed by atoms with E-state index in [1.54, 1.807) is 0 Å². The molecule has 1 aliphatic heterocycles. The van der Waals surface area contributed by atoms with E-state index in [0.29, 0.717) is 12.8 Å². The lowest BCUT2D eigenvalue weighted by Crippen LogP contribution is -2.52. The molecule has 6 nitrogen and oxygen atoms in total. The third-order valence-corrected chi connectivity index (χ3v) is 6.83. The van der Waals surface area contributed by atoms with Gasteiger partial charge in [-0.3, -0.25) is 9.59 Å². The zero-order valence-electron chi connectivity index (χ0n) is 18.6. The molecule has 2 atom stereocenters. The molecule has 0 spiro atoms. The van der Waals surface area contributed by atoms with E-state index in [0.717, 1.165) is 24.0 Å². The van der Waals surface area contributed by atoms with Gasteiger partial charge in [0, 0.05) is 12.0 Å². The summed E-state index contributed by atoms with van der Waals surface area (Å²) in [6.45, 7) is 6.32. The molecular formula is C24H32FN3O3. The summed E-state index contributed by atoms with van der Waals surface area (Å²) in [6.07, 6.45) is 1.73. The van der Waals surface area contributed by atoms with Gasteiger partial charge in [-0.1, -0.05) is 29.8 Å². The zero-order chi connectivity index (χ0) is 22.6. The van der Waals surface area contributed by atoms with Crippen molar-refractivity contribution in [2.75, 3.05) is 13.1 Å². The second-order valence-electron chi connectivity index (χ2n) is 9.56. The zero-order valence-corrected chi connectivity index (χ0v) is 18.6. The van der Waals surface area contributed by atoms with Crippen LogP contribution in [0, 0.1) is 23.7 Å². The molecule has 1 saturated carbocycles. The maximum Gasteiger partial charge on any atom is 0.312 e. The highest BCUT2D eigenvalue weighted by Crippen LogP contribution is 2.41. The number of nitriles is 1. The first-order chi connectivity index (χ1) is 14.6. The number of amides is 1. The van der Waals surface area contributed by atoms with Gasteiger partial charge in [0.25, 0.3) is 0 Å². The van der Waals surface area contributed by atoms with Gasteiger partial charge in [0.1, 0.15) is 18.8 Å². The van der Waals surface area contributed by atoms with Crippen LogP contribution < -0.4 is 5.32 Å². The van der Waals surface area contributed by atoms with Gasteiger partial charge in [0.05, 0.1) is 24.6 Å². The largest absolute Gasteiger partial charge is 0.460 e. The predicted molar refractivity (Wildman–Crippen MR) is 115 cm³/mol. The summed E-state index contributed by atoms with van der Waals surface area (Å²) in [5.41, 5.74) is 1.30. The first kappa shape index (κ1) is 23.2. The maximum atomic E-state index is 13.6. The van der Waals surface area contributed by atoms with E-state index >= 15 is 0 Å². The second kappa shape index (κ2) is 9.35. The van der Waals surface area contributed by atoms with E-state index in [1.165, 1.54) is 4.90 Å². The van der Waals surface area contributed by atoms with Crippen LogP contribution in [-0.4, -0.2) is 47.6 Å². The van der Waals surface area contributed by atoms with Crippen molar-refractivity contribution in [3.8, 4) is 6.07 Å². The fourth-order valence-electron chi connectivity index (χ4n) is 4.32. The van der Waals surface area contributed by atoms with Crippen LogP contribution in [0.25, 0.3) is 0 Å². The number of hydrogen-bond acceptors (Lipinski definition) is 5. The van der Waals surface area contributed by atoms with Gasteiger partial charge in [-0.15, -0.1) is 0 Å². The lowest BCUT2D eigenvalue weighted by atomic mass is 9.69. The highest BCUT2D eigenvalue weighted by molar-refractivity contribution is 5.79. The van der Waals surface area contributed by atoms with E-state index in [4.69, 9.17) is 10.00 Å². The predicted octanol–water partition coefficient (Wildman–Crippen LogP) is 3.43. The summed E-state index contributed by atoms with van der Waals surface area (Å²) >= 11 is 0. The summed E-state index contributed by atoms with van der Waals surface area (Å²) in [6, 6.07) is 9.25. The molecular weight excluding hydrogens is 397 g/mol. The van der Waals surface area contributed by atoms with Crippen LogP contribution in [0.1, 0.15) is 57.1 Å². The highest BCUT2D eigenvalue weighted by atomic mass is 19.1. The number of alkyl halides is 1. The Bertz CT molecular complexity index is 841. The van der Waals surface area contributed by atoms with Gasteiger partial charge in [0.2, 0.25) is 5.91 Å². The smallest absolute Gasteiger partial charge is 0.312 e. The molecule has 1 heterocycles. The van der Waals surface area contributed by atoms with Gasteiger partial charge in [-0.2, -0.15) is 5.26 Å². The number of hydrogen-bond donors (Lipinski definition) is 1. The van der Waals surface area contributed by atoms with Crippen LogP contribution in [0.2, 0.25) is 0 Å². The van der Waals surface area contributed by atoms with Crippen molar-refractivity contribution in [1.29, 1.82) is 5.26 Å². The van der Waals surface area contributed by atoms with Crippen molar-refractivity contribution in [2.24, 2.45) is 5.41 Å². The second-order valence-corrected chi connectivity index (χ2v) is 9.56. The molecule has 1 aliphatic carbocycles. The number of aryl methyl sites for hydroxylation is 1. The molecule has 1 aromatic carbocycles. The average molecular weight is 430 g/mol. The standard InChI is InChI=1S/C24H32FN3O3/c1-17-4-6-18(7-5-17)16-31-22(30)23(2)8-10-24(3,11-9-23)27-14-21(29)28-15-19(25)12-20(28)13-26/h4-7,19-20,27H,8-12,14-16H2,1-3H3/t19-,20-,23?,24?/m0/s1. The Morgan fingerprint density at radius 2 is 1.87 bits per heavy atom. The van der Waals surface area contributed by atoms with E-state index in [-0.39, 0.29) is 43.5 Å². The van der Waals surface area contributed by atoms with Gasteiger partial charge in [0.15, 0.2) is 0 Å². The van der Waals surface area contributed by atoms with Gasteiger partial charge in [-0.05, 0) is 52.0 Å². The maximum absolute atomic E-state index is 13.6. The van der Waals surface area contributed by atoms with Crippen molar-refractivity contribution in [3.05, 3.63) is 35.4 Å². The number of nitrogens with one attached hydrogen (secondary N) is 1. The number of nitrogens with zero attached hydrogens (tertiary/aromatic N) is 2. The summed E-state index contributed by atoms with van der Waals surface area (Å²) in [4.78, 5) is 26.6. The molecule has 2 fully saturated rings. The summed E-state index contributed by atoms with van der Waals surface area (Å²) in [7, 11) is 0. The van der Waals surface area contributed by atoms with E-state index in [9.17, 15) is 14.0 Å². The lowest BCUT2D eigenvalue weighted by molar-refractivity contribution is -0.159. The molecule has 1 amide bonds. The Morgan fingerprint density at radius 3 is 2.48 bits per heavy atom. The van der Waals surface area contributed by atoms with Crippen LogP contribution in [0.5, 0.6) is 0 Å². The van der Waals surface area contributed by atoms with Crippen LogP contribution in [0.15, 0.2) is 24.3 Å². The number of rotatable bonds is 6. The fourth-order valence-corrected chi connectivity index (χ4v) is 4.32. The van der Waals surface area contributed by atoms with Crippen LogP contribution in [-0.2, 0) is 20.9 Å². The molecule has 2 aliphatic rings. The molecule has 1 aromatic rings. The monoisotopic (exact) mass is 429 g/mol. The molecule has 31 heavy (non-hydrogen) atoms. The minimum Gasteiger partial charge on any atom is -0.460 e. The highest BCUT2D eigenvalue weighted by Gasteiger charge is 2.43. The number of ether oxygens (including phenoxy) is 1. The molecule has 0 bridgehead atoms. The van der Waals surface area contributed by atoms with Crippen molar-refractivity contribution in [1.82, 2.24) is 10.2 Å². The molecule has 3 rings (SSSR count). The Hall–Kier alpha value is -2.46. The molecule has 168 valence electrons. The summed E-state index contributed by atoms with van der Waals surface area (Å²) in [5.74, 6) is -0.437. The number of likely N-dealkylation sites (tertiary alicyclic amines) is 1. The van der Waals surface area contributed by atoms with Gasteiger partial charge >= 0.3 is 5.97 Å². The topological polar surface area (TPSA) is 82.4 Å². The minimum absolute atomic E-state index is 0.0135. The molecule has 1 saturated heterocycles. The van der Waals surface area contributed by atoms with Crippen molar-refractivity contribution < 1.29 is 18.7 Å². The van der Waals surface area contributed by atoms with Gasteiger partial charge in [-0.25, -0.2) is 4.39 Å². The third kappa shape index (κ3) is 5.62. The average Bonchev–Trinajstić information content (AvgIpc) is 3.15. The van der Waals surface area contributed by atoms with E-state index < -0.39 is 17.6 Å². The van der Waals surface area contributed by atoms with Crippen LogP contribution >= 0.6 is 0 Å². The molecule has 7 heteroatoms. The molecule has 1 N–H and O–H groups in total. The normalized spacial score (nSPS) is 30.6. The van der Waals surface area contributed by atoms with Crippen molar-refractivity contribution >= 4 is 11.9 Å². The number of carbonyl (C=O) groups excluding carboxylic acids is 2. The van der Waals surface area contributed by atoms with E-state index in [1.807, 2.05) is 51.1 Å². The summed E-state index contributed by atoms with van der Waals surface area (Å²) < 4.78 is 19.2. The Kier molecular flexibility index (Phi) is 7.00. The summed E-state index contributed by atoms with van der Waals surface area (Å²) in [5, 5.41) is 12.4. The van der Waals surface area contributed by atoms with E-state index in [2.05, 4.69) is 5.32 Å². The first-order valence-electron chi connectivity index (χ1n) is 11.0. The molecule has 0 radical (unpaired) electrons. The number of benzene rings is 1. The van der Waals surface area contributed by atoms with Crippen molar-refractivity contribution in [2.45, 2.75) is 77.2 Å². The third-order valence-electron chi connectivity index (χ3n) is 6.83. The fraction of sp³-hybridized carbons (Fsp3) is 0.625.